The summed E-state index contributed by atoms with van der Waals surface area (Å²) in [5.74, 6) is -0.890. The Morgan fingerprint density at radius 2 is 1.60 bits per heavy atom. The van der Waals surface area contributed by atoms with Gasteiger partial charge in [-0.05, 0) is 23.3 Å². The molecule has 15 heavy (non-hydrogen) atoms. The summed E-state index contributed by atoms with van der Waals surface area (Å²) in [6, 6.07) is 12.7. The normalized spacial score (nSPS) is 8.80. The SMILES string of the molecule is O.O=C(O)c1cccc2cccc-2c1.[H-].[Li+]. The third kappa shape index (κ3) is 2.84. The molecule has 0 aromatic rings. The molecule has 3 N–H and O–H groups in total. The Kier molecular flexibility index (Phi) is 5.10. The molecule has 0 saturated carbocycles. The van der Waals surface area contributed by atoms with Gasteiger partial charge in [0.15, 0.2) is 0 Å². The minimum atomic E-state index is -0.890. The van der Waals surface area contributed by atoms with Crippen molar-refractivity contribution < 1.29 is 35.7 Å². The summed E-state index contributed by atoms with van der Waals surface area (Å²) >= 11 is 0. The zero-order chi connectivity index (χ0) is 9.26. The first-order valence-electron chi connectivity index (χ1n) is 3.99. The second-order valence-electron chi connectivity index (χ2n) is 2.87. The zero-order valence-electron chi connectivity index (χ0n) is 9.40. The van der Waals surface area contributed by atoms with E-state index in [0.29, 0.717) is 5.56 Å². The van der Waals surface area contributed by atoms with E-state index in [2.05, 4.69) is 0 Å². The predicted molar refractivity (Wildman–Crippen MR) is 54.7 cm³/mol. The van der Waals surface area contributed by atoms with Crippen LogP contribution in [-0.4, -0.2) is 16.6 Å². The summed E-state index contributed by atoms with van der Waals surface area (Å²) in [4.78, 5) is 10.7. The van der Waals surface area contributed by atoms with Crippen LogP contribution in [0.4, 0.5) is 0 Å². The van der Waals surface area contributed by atoms with Crippen LogP contribution in [0.3, 0.4) is 0 Å². The second kappa shape index (κ2) is 5.57. The summed E-state index contributed by atoms with van der Waals surface area (Å²) in [5, 5.41) is 8.79. The van der Waals surface area contributed by atoms with Crippen molar-refractivity contribution in [3.05, 3.63) is 48.0 Å². The van der Waals surface area contributed by atoms with Gasteiger partial charge in [-0.25, -0.2) is 4.79 Å². The third-order valence-corrected chi connectivity index (χ3v) is 1.99. The largest absolute Gasteiger partial charge is 1.00 e. The van der Waals surface area contributed by atoms with Crippen LogP contribution in [0, 0.1) is 0 Å². The predicted octanol–water partition coefficient (Wildman–Crippen LogP) is -1.22. The molecule has 0 heterocycles. The first-order chi connectivity index (χ1) is 6.27. The summed E-state index contributed by atoms with van der Waals surface area (Å²) in [7, 11) is 0. The van der Waals surface area contributed by atoms with Crippen molar-refractivity contribution >= 4 is 5.97 Å². The Morgan fingerprint density at radius 1 is 1.07 bits per heavy atom. The minimum Gasteiger partial charge on any atom is -1.00 e. The number of carbonyl (C=O) groups is 1. The smallest absolute Gasteiger partial charge is 1.00 e. The number of carboxylic acids is 1. The number of hydrogen-bond donors (Lipinski definition) is 1. The molecule has 0 aromatic carbocycles. The summed E-state index contributed by atoms with van der Waals surface area (Å²) in [5.41, 5.74) is 2.34. The van der Waals surface area contributed by atoms with Crippen LogP contribution < -0.4 is 18.9 Å². The van der Waals surface area contributed by atoms with Crippen LogP contribution in [0.25, 0.3) is 11.1 Å². The molecule has 0 radical (unpaired) electrons. The van der Waals surface area contributed by atoms with E-state index in [0.717, 1.165) is 11.1 Å². The molecule has 0 bridgehead atoms. The quantitative estimate of drug-likeness (QED) is 0.583. The van der Waals surface area contributed by atoms with Gasteiger partial charge in [0, 0.05) is 0 Å². The molecule has 4 heteroatoms. The van der Waals surface area contributed by atoms with Gasteiger partial charge in [-0.3, -0.25) is 0 Å². The molecule has 2 aliphatic rings. The van der Waals surface area contributed by atoms with Gasteiger partial charge < -0.3 is 12.0 Å². The number of fused-ring (bicyclic) bond motifs is 1. The van der Waals surface area contributed by atoms with Gasteiger partial charge in [-0.15, -0.1) is 0 Å². The maximum atomic E-state index is 10.7. The Balaban J connectivity index is 0. The maximum absolute atomic E-state index is 10.7. The van der Waals surface area contributed by atoms with Crippen LogP contribution >= 0.6 is 0 Å². The molecular formula is C11H11LiO3. The number of hydrogen-bond acceptors (Lipinski definition) is 1. The maximum Gasteiger partial charge on any atom is 1.00 e. The fraction of sp³-hybridized carbons (Fsp3) is 0. The molecule has 0 amide bonds. The van der Waals surface area contributed by atoms with Crippen molar-refractivity contribution in [2.75, 3.05) is 0 Å². The molecule has 0 saturated heterocycles. The average Bonchev–Trinajstić information content (AvgIpc) is 2.42. The topological polar surface area (TPSA) is 68.8 Å². The van der Waals surface area contributed by atoms with E-state index in [9.17, 15) is 4.79 Å². The third-order valence-electron chi connectivity index (χ3n) is 1.99. The molecule has 2 aliphatic carbocycles. The number of rotatable bonds is 1. The molecule has 0 atom stereocenters. The number of carboxylic acid groups (broad SMARTS) is 1. The molecule has 0 aliphatic heterocycles. The Hall–Kier alpha value is -1.27. The van der Waals surface area contributed by atoms with E-state index in [4.69, 9.17) is 5.11 Å². The van der Waals surface area contributed by atoms with E-state index in [1.165, 1.54) is 0 Å². The molecule has 0 aromatic heterocycles. The summed E-state index contributed by atoms with van der Waals surface area (Å²) < 4.78 is 0. The van der Waals surface area contributed by atoms with Gasteiger partial charge >= 0.3 is 24.8 Å². The molecule has 0 unspecified atom stereocenters. The van der Waals surface area contributed by atoms with Crippen molar-refractivity contribution in [3.8, 4) is 11.1 Å². The van der Waals surface area contributed by atoms with E-state index in [-0.39, 0.29) is 25.8 Å². The molecule has 0 fully saturated rings. The van der Waals surface area contributed by atoms with Gasteiger partial charge in [0.2, 0.25) is 0 Å². The summed E-state index contributed by atoms with van der Waals surface area (Å²) in [6.45, 7) is 0. The van der Waals surface area contributed by atoms with Gasteiger partial charge in [-0.2, -0.15) is 0 Å². The average molecular weight is 198 g/mol. The van der Waals surface area contributed by atoms with Crippen molar-refractivity contribution in [1.82, 2.24) is 0 Å². The first kappa shape index (κ1) is 13.7. The molecular weight excluding hydrogens is 187 g/mol. The Labute approximate surface area is 101 Å². The van der Waals surface area contributed by atoms with Gasteiger partial charge in [0.05, 0.1) is 5.56 Å². The monoisotopic (exact) mass is 198 g/mol. The Bertz CT molecular complexity index is 434. The first-order valence-corrected chi connectivity index (χ1v) is 3.99. The van der Waals surface area contributed by atoms with Crippen molar-refractivity contribution in [2.24, 2.45) is 0 Å². The molecule has 74 valence electrons. The van der Waals surface area contributed by atoms with E-state index >= 15 is 0 Å². The fourth-order valence-corrected chi connectivity index (χ4v) is 1.34. The van der Waals surface area contributed by atoms with E-state index < -0.39 is 5.97 Å². The van der Waals surface area contributed by atoms with Gasteiger partial charge in [0.25, 0.3) is 0 Å². The van der Waals surface area contributed by atoms with Crippen LogP contribution in [0.1, 0.15) is 11.8 Å². The standard InChI is InChI=1S/C11H8O2.Li.H2O.H/c12-11(13)10-6-2-4-8-3-1-5-9(8)7-10;;;/h1-7H,(H,12,13);;1H2;/q;+1;;-1. The fourth-order valence-electron chi connectivity index (χ4n) is 1.34. The van der Waals surface area contributed by atoms with Crippen LogP contribution in [0.2, 0.25) is 0 Å². The van der Waals surface area contributed by atoms with Gasteiger partial charge in [0.1, 0.15) is 0 Å². The van der Waals surface area contributed by atoms with E-state index in [1.807, 2.05) is 24.3 Å². The van der Waals surface area contributed by atoms with Crippen LogP contribution in [0.15, 0.2) is 42.5 Å². The van der Waals surface area contributed by atoms with Gasteiger partial charge in [-0.1, -0.05) is 30.3 Å². The van der Waals surface area contributed by atoms with Crippen LogP contribution in [0.5, 0.6) is 0 Å². The summed E-state index contributed by atoms with van der Waals surface area (Å²) in [6.07, 6.45) is 0. The van der Waals surface area contributed by atoms with Crippen molar-refractivity contribution in [1.29, 1.82) is 0 Å². The molecule has 3 nitrogen and oxygen atoms in total. The zero-order valence-corrected chi connectivity index (χ0v) is 8.40. The Morgan fingerprint density at radius 3 is 2.20 bits per heavy atom. The van der Waals surface area contributed by atoms with Crippen molar-refractivity contribution in [2.45, 2.75) is 0 Å². The van der Waals surface area contributed by atoms with E-state index in [1.54, 1.807) is 18.2 Å². The second-order valence-corrected chi connectivity index (χ2v) is 2.87. The minimum absolute atomic E-state index is 0. The molecule has 2 rings (SSSR count). The molecule has 0 spiro atoms. The van der Waals surface area contributed by atoms with Crippen LogP contribution in [-0.2, 0) is 0 Å². The number of aromatic carboxylic acids is 1. The van der Waals surface area contributed by atoms with Crippen molar-refractivity contribution in [3.63, 3.8) is 0 Å².